The molecule has 3 rings (SSSR count). The minimum Gasteiger partial charge on any atom is -0.394 e. The van der Waals surface area contributed by atoms with E-state index < -0.39 is 0 Å². The van der Waals surface area contributed by atoms with Gasteiger partial charge in [-0.15, -0.1) is 11.3 Å². The van der Waals surface area contributed by atoms with E-state index in [1.54, 1.807) is 11.3 Å². The van der Waals surface area contributed by atoms with Gasteiger partial charge in [-0.3, -0.25) is 4.79 Å². The fraction of sp³-hybridized carbons (Fsp3) is 0.500. The highest BCUT2D eigenvalue weighted by Gasteiger charge is 2.29. The zero-order valence-electron chi connectivity index (χ0n) is 12.2. The Morgan fingerprint density at radius 2 is 2.38 bits per heavy atom. The third-order valence-corrected chi connectivity index (χ3v) is 4.93. The summed E-state index contributed by atoms with van der Waals surface area (Å²) in [5.74, 6) is 0.0759. The molecule has 1 fully saturated rings. The topological polar surface area (TPSA) is 53.4 Å². The van der Waals surface area contributed by atoms with Gasteiger partial charge in [0.05, 0.1) is 23.4 Å². The van der Waals surface area contributed by atoms with Gasteiger partial charge in [-0.25, -0.2) is 4.98 Å². The minimum atomic E-state index is -0.0160. The van der Waals surface area contributed by atoms with Crippen LogP contribution >= 0.6 is 11.3 Å². The standard InChI is InChI=1S/C16H20N2O2S/c1-11-17-15(10-21-11)12-5-6-13(8-12)16(20)18-7-3-2-4-14(18)9-19/h5,8,10,14,19H,2-4,6-7,9H2,1H3. The maximum Gasteiger partial charge on any atom is 0.250 e. The summed E-state index contributed by atoms with van der Waals surface area (Å²) in [6.45, 7) is 2.80. The number of aromatic nitrogens is 1. The van der Waals surface area contributed by atoms with Gasteiger partial charge in [-0.1, -0.05) is 6.08 Å². The van der Waals surface area contributed by atoms with E-state index in [4.69, 9.17) is 0 Å². The number of hydrogen-bond donors (Lipinski definition) is 1. The Morgan fingerprint density at radius 3 is 3.10 bits per heavy atom. The van der Waals surface area contributed by atoms with Crippen molar-refractivity contribution in [1.29, 1.82) is 0 Å². The number of rotatable bonds is 3. The van der Waals surface area contributed by atoms with E-state index in [-0.39, 0.29) is 18.6 Å². The number of piperidine rings is 1. The molecule has 1 saturated heterocycles. The fourth-order valence-corrected chi connectivity index (χ4v) is 3.61. The number of aliphatic hydroxyl groups excluding tert-OH is 1. The second-order valence-corrected chi connectivity index (χ2v) is 6.68. The second-order valence-electron chi connectivity index (χ2n) is 5.62. The van der Waals surface area contributed by atoms with Gasteiger partial charge in [0, 0.05) is 17.5 Å². The molecule has 0 aromatic carbocycles. The number of likely N-dealkylation sites (tertiary alicyclic amines) is 1. The van der Waals surface area contributed by atoms with Crippen LogP contribution in [0, 0.1) is 6.92 Å². The van der Waals surface area contributed by atoms with Crippen molar-refractivity contribution in [3.63, 3.8) is 0 Å². The van der Waals surface area contributed by atoms with Crippen LogP contribution in [0.4, 0.5) is 0 Å². The highest BCUT2D eigenvalue weighted by atomic mass is 32.1. The molecule has 1 unspecified atom stereocenters. The van der Waals surface area contributed by atoms with Crippen LogP contribution in [-0.4, -0.2) is 40.1 Å². The summed E-state index contributed by atoms with van der Waals surface area (Å²) >= 11 is 1.62. The number of amides is 1. The van der Waals surface area contributed by atoms with Crippen molar-refractivity contribution in [1.82, 2.24) is 9.88 Å². The van der Waals surface area contributed by atoms with Crippen LogP contribution in [0.2, 0.25) is 0 Å². The zero-order valence-corrected chi connectivity index (χ0v) is 13.0. The van der Waals surface area contributed by atoms with E-state index in [0.717, 1.165) is 47.7 Å². The molecule has 1 aromatic heterocycles. The molecule has 1 atom stereocenters. The van der Waals surface area contributed by atoms with Gasteiger partial charge in [-0.05, 0) is 44.3 Å². The lowest BCUT2D eigenvalue weighted by Gasteiger charge is -2.35. The Balaban J connectivity index is 1.74. The first-order valence-electron chi connectivity index (χ1n) is 7.44. The number of allylic oxidation sites excluding steroid dienone is 3. The van der Waals surface area contributed by atoms with Gasteiger partial charge in [0.25, 0.3) is 0 Å². The maximum absolute atomic E-state index is 12.6. The molecule has 0 spiro atoms. The lowest BCUT2D eigenvalue weighted by Crippen LogP contribution is -2.46. The summed E-state index contributed by atoms with van der Waals surface area (Å²) in [6, 6.07) is -0.0160. The molecule has 2 heterocycles. The predicted molar refractivity (Wildman–Crippen MR) is 84.0 cm³/mol. The number of aryl methyl sites for hydroxylation is 1. The molecule has 1 aliphatic carbocycles. The molecule has 1 aliphatic heterocycles. The lowest BCUT2D eigenvalue weighted by atomic mass is 10.0. The highest BCUT2D eigenvalue weighted by molar-refractivity contribution is 7.09. The lowest BCUT2D eigenvalue weighted by molar-refractivity contribution is -0.131. The van der Waals surface area contributed by atoms with Crippen molar-refractivity contribution < 1.29 is 9.90 Å². The van der Waals surface area contributed by atoms with Gasteiger partial charge in [0.15, 0.2) is 0 Å². The van der Waals surface area contributed by atoms with Crippen molar-refractivity contribution >= 4 is 22.8 Å². The average molecular weight is 304 g/mol. The number of thiazole rings is 1. The highest BCUT2D eigenvalue weighted by Crippen LogP contribution is 2.29. The molecule has 4 nitrogen and oxygen atoms in total. The number of carbonyl (C=O) groups is 1. The predicted octanol–water partition coefficient (Wildman–Crippen LogP) is 2.54. The van der Waals surface area contributed by atoms with Crippen molar-refractivity contribution in [2.24, 2.45) is 0 Å². The Bertz CT molecular complexity index is 603. The van der Waals surface area contributed by atoms with Crippen LogP contribution in [0.25, 0.3) is 5.57 Å². The van der Waals surface area contributed by atoms with E-state index in [9.17, 15) is 9.90 Å². The summed E-state index contributed by atoms with van der Waals surface area (Å²) in [5, 5.41) is 12.5. The summed E-state index contributed by atoms with van der Waals surface area (Å²) in [7, 11) is 0. The van der Waals surface area contributed by atoms with E-state index in [1.807, 2.05) is 23.3 Å². The molecule has 0 bridgehead atoms. The van der Waals surface area contributed by atoms with E-state index in [0.29, 0.717) is 6.42 Å². The fourth-order valence-electron chi connectivity index (χ4n) is 2.99. The molecule has 1 N–H and O–H groups in total. The first-order chi connectivity index (χ1) is 10.2. The van der Waals surface area contributed by atoms with E-state index >= 15 is 0 Å². The molecule has 5 heteroatoms. The molecular formula is C16H20N2O2S. The number of aliphatic hydroxyl groups is 1. The van der Waals surface area contributed by atoms with E-state index in [1.165, 1.54) is 0 Å². The molecule has 1 amide bonds. The van der Waals surface area contributed by atoms with Gasteiger partial charge < -0.3 is 10.0 Å². The van der Waals surface area contributed by atoms with Crippen molar-refractivity contribution in [2.75, 3.05) is 13.2 Å². The number of hydrogen-bond acceptors (Lipinski definition) is 4. The number of nitrogens with zero attached hydrogens (tertiary/aromatic N) is 2. The molecule has 21 heavy (non-hydrogen) atoms. The van der Waals surface area contributed by atoms with Crippen LogP contribution in [0.5, 0.6) is 0 Å². The van der Waals surface area contributed by atoms with Crippen molar-refractivity contribution in [2.45, 2.75) is 38.6 Å². The van der Waals surface area contributed by atoms with E-state index in [2.05, 4.69) is 11.1 Å². The van der Waals surface area contributed by atoms with Crippen LogP contribution in [-0.2, 0) is 4.79 Å². The zero-order chi connectivity index (χ0) is 14.8. The molecule has 112 valence electrons. The first-order valence-corrected chi connectivity index (χ1v) is 8.32. The Morgan fingerprint density at radius 1 is 1.52 bits per heavy atom. The molecule has 0 saturated carbocycles. The quantitative estimate of drug-likeness (QED) is 0.933. The summed E-state index contributed by atoms with van der Waals surface area (Å²) in [6.07, 6.45) is 7.72. The SMILES string of the molecule is Cc1nc(C2=CCC(C(=O)N3CCCCC3CO)=C2)cs1. The summed E-state index contributed by atoms with van der Waals surface area (Å²) in [5.41, 5.74) is 2.81. The van der Waals surface area contributed by atoms with Crippen LogP contribution in [0.1, 0.15) is 36.4 Å². The third kappa shape index (κ3) is 2.94. The normalized spacial score (nSPS) is 22.2. The van der Waals surface area contributed by atoms with Crippen molar-refractivity contribution in [3.05, 3.63) is 33.8 Å². The van der Waals surface area contributed by atoms with Gasteiger partial charge in [0.1, 0.15) is 0 Å². The second kappa shape index (κ2) is 6.12. The van der Waals surface area contributed by atoms with Gasteiger partial charge in [0.2, 0.25) is 5.91 Å². The average Bonchev–Trinajstić information content (AvgIpc) is 3.15. The Kier molecular flexibility index (Phi) is 4.22. The first kappa shape index (κ1) is 14.5. The smallest absolute Gasteiger partial charge is 0.250 e. The molecule has 2 aliphatic rings. The largest absolute Gasteiger partial charge is 0.394 e. The molecular weight excluding hydrogens is 284 g/mol. The summed E-state index contributed by atoms with van der Waals surface area (Å²) in [4.78, 5) is 19.0. The van der Waals surface area contributed by atoms with Crippen LogP contribution in [0.3, 0.4) is 0 Å². The third-order valence-electron chi connectivity index (χ3n) is 4.16. The Labute approximate surface area is 128 Å². The monoisotopic (exact) mass is 304 g/mol. The number of carbonyl (C=O) groups excluding carboxylic acids is 1. The van der Waals surface area contributed by atoms with Gasteiger partial charge >= 0.3 is 0 Å². The molecule has 1 aromatic rings. The van der Waals surface area contributed by atoms with Crippen LogP contribution < -0.4 is 0 Å². The summed E-state index contributed by atoms with van der Waals surface area (Å²) < 4.78 is 0. The van der Waals surface area contributed by atoms with Crippen molar-refractivity contribution in [3.8, 4) is 0 Å². The molecule has 0 radical (unpaired) electrons. The van der Waals surface area contributed by atoms with Crippen LogP contribution in [0.15, 0.2) is 23.1 Å². The minimum absolute atomic E-state index is 0.0160. The Hall–Kier alpha value is -1.46. The van der Waals surface area contributed by atoms with Gasteiger partial charge in [-0.2, -0.15) is 0 Å². The maximum atomic E-state index is 12.6.